The summed E-state index contributed by atoms with van der Waals surface area (Å²) in [4.78, 5) is 11.5. The summed E-state index contributed by atoms with van der Waals surface area (Å²) in [7, 11) is 0. The number of aliphatic imine (C=N–C) groups is 1. The fourth-order valence-corrected chi connectivity index (χ4v) is 5.32. The highest BCUT2D eigenvalue weighted by Gasteiger charge is 2.59. The molecule has 4 nitrogen and oxygen atoms in total. The van der Waals surface area contributed by atoms with Gasteiger partial charge in [0.05, 0.1) is 16.7 Å². The SMILES string of the molecule is CC1(C)c2ccccc2N(Cc2ccccc2)C12C=Nc1c(cc(Cl)c3cnccc13)O2. The van der Waals surface area contributed by atoms with Crippen molar-refractivity contribution in [3.63, 3.8) is 0 Å². The number of benzene rings is 3. The molecular weight excluding hydrogens is 418 g/mol. The molecular formula is C27H22ClN3O. The van der Waals surface area contributed by atoms with Crippen LogP contribution in [0.4, 0.5) is 11.4 Å². The van der Waals surface area contributed by atoms with Crippen LogP contribution < -0.4 is 9.64 Å². The number of hydrogen-bond donors (Lipinski definition) is 0. The minimum Gasteiger partial charge on any atom is -0.459 e. The molecule has 5 heteroatoms. The summed E-state index contributed by atoms with van der Waals surface area (Å²) in [6, 6.07) is 22.8. The highest BCUT2D eigenvalue weighted by atomic mass is 35.5. The Hall–Kier alpha value is -3.37. The van der Waals surface area contributed by atoms with E-state index < -0.39 is 5.72 Å². The number of para-hydroxylation sites is 1. The van der Waals surface area contributed by atoms with E-state index in [1.54, 1.807) is 12.4 Å². The molecule has 0 radical (unpaired) electrons. The van der Waals surface area contributed by atoms with Gasteiger partial charge in [-0.1, -0.05) is 60.1 Å². The molecule has 158 valence electrons. The van der Waals surface area contributed by atoms with Crippen LogP contribution in [0.15, 0.2) is 84.1 Å². The third kappa shape index (κ3) is 2.56. The summed E-state index contributed by atoms with van der Waals surface area (Å²) in [5.41, 5.74) is 3.27. The first-order valence-electron chi connectivity index (χ1n) is 10.7. The van der Waals surface area contributed by atoms with Crippen molar-refractivity contribution in [2.75, 3.05) is 4.90 Å². The van der Waals surface area contributed by atoms with E-state index in [9.17, 15) is 0 Å². The second-order valence-electron chi connectivity index (χ2n) is 8.90. The predicted octanol–water partition coefficient (Wildman–Crippen LogP) is 6.68. The molecule has 0 saturated carbocycles. The van der Waals surface area contributed by atoms with Crippen LogP contribution in [0.3, 0.4) is 0 Å². The zero-order valence-electron chi connectivity index (χ0n) is 17.9. The number of nitrogens with zero attached hydrogens (tertiary/aromatic N) is 3. The first kappa shape index (κ1) is 19.3. The Labute approximate surface area is 192 Å². The predicted molar refractivity (Wildman–Crippen MR) is 130 cm³/mol. The number of aromatic nitrogens is 1. The van der Waals surface area contributed by atoms with Gasteiger partial charge in [-0.2, -0.15) is 0 Å². The average molecular weight is 440 g/mol. The fraction of sp³-hybridized carbons (Fsp3) is 0.185. The van der Waals surface area contributed by atoms with Crippen molar-refractivity contribution in [1.29, 1.82) is 0 Å². The van der Waals surface area contributed by atoms with Gasteiger partial charge >= 0.3 is 0 Å². The molecule has 0 bridgehead atoms. The Morgan fingerprint density at radius 3 is 2.59 bits per heavy atom. The van der Waals surface area contributed by atoms with E-state index in [0.29, 0.717) is 17.3 Å². The number of hydrogen-bond acceptors (Lipinski definition) is 4. The van der Waals surface area contributed by atoms with Gasteiger partial charge in [-0.05, 0) is 37.1 Å². The van der Waals surface area contributed by atoms with Crippen LogP contribution in [0.5, 0.6) is 5.75 Å². The number of anilines is 1. The Kier molecular flexibility index (Phi) is 4.11. The molecule has 3 aromatic carbocycles. The van der Waals surface area contributed by atoms with E-state index in [-0.39, 0.29) is 5.41 Å². The molecule has 0 aliphatic carbocycles. The van der Waals surface area contributed by atoms with Gasteiger partial charge < -0.3 is 9.64 Å². The lowest BCUT2D eigenvalue weighted by molar-refractivity contribution is 0.0765. The molecule has 1 aromatic heterocycles. The summed E-state index contributed by atoms with van der Waals surface area (Å²) >= 11 is 6.63. The number of ether oxygens (including phenoxy) is 1. The van der Waals surface area contributed by atoms with Gasteiger partial charge in [-0.25, -0.2) is 0 Å². The van der Waals surface area contributed by atoms with Gasteiger partial charge in [0.15, 0.2) is 5.75 Å². The van der Waals surface area contributed by atoms with Crippen LogP contribution in [-0.2, 0) is 12.0 Å². The number of pyridine rings is 1. The fourth-order valence-electron chi connectivity index (χ4n) is 5.07. The Bertz CT molecular complexity index is 1380. The van der Waals surface area contributed by atoms with Gasteiger partial charge in [0, 0.05) is 41.5 Å². The minimum absolute atomic E-state index is 0.348. The molecule has 0 amide bonds. The monoisotopic (exact) mass is 439 g/mol. The highest BCUT2D eigenvalue weighted by Crippen LogP contribution is 2.55. The molecule has 1 unspecified atom stereocenters. The Morgan fingerprint density at radius 1 is 0.969 bits per heavy atom. The van der Waals surface area contributed by atoms with Gasteiger partial charge in [-0.15, -0.1) is 0 Å². The standard InChI is InChI=1S/C27H22ClN3O/c1-26(2)21-10-6-7-11-23(21)31(16-18-8-4-3-5-9-18)27(26)17-30-25-19-12-13-29-15-20(19)22(28)14-24(25)32-27/h3-15,17H,16H2,1-2H3. The topological polar surface area (TPSA) is 37.7 Å². The van der Waals surface area contributed by atoms with Crippen molar-refractivity contribution in [1.82, 2.24) is 4.98 Å². The maximum absolute atomic E-state index is 6.92. The third-order valence-electron chi connectivity index (χ3n) is 6.81. The van der Waals surface area contributed by atoms with Gasteiger partial charge in [0.1, 0.15) is 5.69 Å². The average Bonchev–Trinajstić information content (AvgIpc) is 2.99. The summed E-state index contributed by atoms with van der Waals surface area (Å²) < 4.78 is 6.92. The molecule has 0 fully saturated rings. The lowest BCUT2D eigenvalue weighted by Crippen LogP contribution is -2.61. The minimum atomic E-state index is -0.788. The van der Waals surface area contributed by atoms with Crippen molar-refractivity contribution >= 4 is 40.0 Å². The van der Waals surface area contributed by atoms with Crippen molar-refractivity contribution in [2.45, 2.75) is 31.5 Å². The maximum atomic E-state index is 6.92. The summed E-state index contributed by atoms with van der Waals surface area (Å²) in [6.07, 6.45) is 5.51. The zero-order chi connectivity index (χ0) is 21.9. The molecule has 1 spiro atoms. The molecule has 6 rings (SSSR count). The van der Waals surface area contributed by atoms with Crippen molar-refractivity contribution < 1.29 is 4.74 Å². The molecule has 32 heavy (non-hydrogen) atoms. The molecule has 0 N–H and O–H groups in total. The number of fused-ring (bicyclic) bond motifs is 4. The lowest BCUT2D eigenvalue weighted by atomic mass is 9.77. The van der Waals surface area contributed by atoms with E-state index >= 15 is 0 Å². The van der Waals surface area contributed by atoms with E-state index in [4.69, 9.17) is 21.3 Å². The van der Waals surface area contributed by atoms with Crippen LogP contribution in [-0.4, -0.2) is 16.9 Å². The van der Waals surface area contributed by atoms with Crippen LogP contribution in [0, 0.1) is 0 Å². The normalized spacial score (nSPS) is 20.3. The van der Waals surface area contributed by atoms with E-state index in [0.717, 1.165) is 22.1 Å². The van der Waals surface area contributed by atoms with Crippen molar-refractivity contribution in [3.8, 4) is 5.75 Å². The zero-order valence-corrected chi connectivity index (χ0v) is 18.7. The Balaban J connectivity index is 1.56. The van der Waals surface area contributed by atoms with E-state index in [2.05, 4.69) is 72.3 Å². The van der Waals surface area contributed by atoms with Crippen LogP contribution >= 0.6 is 11.6 Å². The second kappa shape index (κ2) is 6.81. The lowest BCUT2D eigenvalue weighted by Gasteiger charge is -2.46. The molecule has 4 aromatic rings. The summed E-state index contributed by atoms with van der Waals surface area (Å²) in [5, 5.41) is 2.43. The second-order valence-corrected chi connectivity index (χ2v) is 9.30. The highest BCUT2D eigenvalue weighted by molar-refractivity contribution is 6.36. The van der Waals surface area contributed by atoms with Crippen LogP contribution in [0.1, 0.15) is 25.0 Å². The molecule has 0 saturated heterocycles. The molecule has 2 aliphatic heterocycles. The molecule has 3 heterocycles. The number of rotatable bonds is 2. The quantitative estimate of drug-likeness (QED) is 0.349. The van der Waals surface area contributed by atoms with Gasteiger partial charge in [0.25, 0.3) is 0 Å². The first-order chi connectivity index (χ1) is 15.5. The smallest absolute Gasteiger partial charge is 0.229 e. The van der Waals surface area contributed by atoms with Gasteiger partial charge in [-0.3, -0.25) is 9.98 Å². The van der Waals surface area contributed by atoms with Crippen LogP contribution in [0.2, 0.25) is 5.02 Å². The van der Waals surface area contributed by atoms with Crippen LogP contribution in [0.25, 0.3) is 10.8 Å². The van der Waals surface area contributed by atoms with Gasteiger partial charge in [0.2, 0.25) is 5.72 Å². The Morgan fingerprint density at radius 2 is 1.75 bits per heavy atom. The summed E-state index contributed by atoms with van der Waals surface area (Å²) in [5.74, 6) is 0.690. The summed E-state index contributed by atoms with van der Waals surface area (Å²) in [6.45, 7) is 5.15. The van der Waals surface area contributed by atoms with E-state index in [1.807, 2.05) is 24.4 Å². The molecule has 1 atom stereocenters. The number of halogens is 1. The van der Waals surface area contributed by atoms with Crippen molar-refractivity contribution in [2.24, 2.45) is 4.99 Å². The van der Waals surface area contributed by atoms with Crippen molar-refractivity contribution in [3.05, 3.63) is 95.3 Å². The molecule has 2 aliphatic rings. The first-order valence-corrected chi connectivity index (χ1v) is 11.1. The third-order valence-corrected chi connectivity index (χ3v) is 7.12. The maximum Gasteiger partial charge on any atom is 0.229 e. The van der Waals surface area contributed by atoms with E-state index in [1.165, 1.54) is 11.1 Å². The largest absolute Gasteiger partial charge is 0.459 e.